The highest BCUT2D eigenvalue weighted by Crippen LogP contribution is 2.29. The van der Waals surface area contributed by atoms with Crippen LogP contribution in [0.15, 0.2) is 59.1 Å². The van der Waals surface area contributed by atoms with Crippen molar-refractivity contribution in [3.8, 4) is 5.75 Å². The van der Waals surface area contributed by atoms with E-state index in [4.69, 9.17) is 4.74 Å². The molecule has 0 bridgehead atoms. The summed E-state index contributed by atoms with van der Waals surface area (Å²) in [4.78, 5) is 0. The summed E-state index contributed by atoms with van der Waals surface area (Å²) in [6, 6.07) is 16.0. The van der Waals surface area contributed by atoms with Gasteiger partial charge in [-0.15, -0.1) is 0 Å². The van der Waals surface area contributed by atoms with Crippen molar-refractivity contribution in [2.45, 2.75) is 6.36 Å². The lowest BCUT2D eigenvalue weighted by Gasteiger charge is -2.12. The Morgan fingerprint density at radius 2 is 1.56 bits per heavy atom. The van der Waals surface area contributed by atoms with Gasteiger partial charge in [-0.3, -0.25) is 0 Å². The highest BCUT2D eigenvalue weighted by molar-refractivity contribution is 9.10. The molecule has 2 aromatic carbocycles. The SMILES string of the molecule is FC(Oc1ccccc1Br)c1ccccc1. The zero-order valence-corrected chi connectivity index (χ0v) is 10.0. The van der Waals surface area contributed by atoms with Gasteiger partial charge in [-0.2, -0.15) is 4.39 Å². The van der Waals surface area contributed by atoms with Crippen LogP contribution >= 0.6 is 15.9 Å². The van der Waals surface area contributed by atoms with Crippen LogP contribution in [0.25, 0.3) is 0 Å². The smallest absolute Gasteiger partial charge is 0.264 e. The molecule has 0 fully saturated rings. The third-order valence-corrected chi connectivity index (χ3v) is 2.78. The molecule has 0 N–H and O–H groups in total. The van der Waals surface area contributed by atoms with Crippen LogP contribution in [0.5, 0.6) is 5.75 Å². The van der Waals surface area contributed by atoms with Crippen LogP contribution in [0.2, 0.25) is 0 Å². The molecule has 1 nitrogen and oxygen atoms in total. The molecule has 0 aliphatic carbocycles. The Labute approximate surface area is 102 Å². The van der Waals surface area contributed by atoms with Crippen molar-refractivity contribution in [1.29, 1.82) is 0 Å². The van der Waals surface area contributed by atoms with Gasteiger partial charge in [0.15, 0.2) is 0 Å². The fourth-order valence-corrected chi connectivity index (χ4v) is 1.70. The standard InChI is InChI=1S/C13H10BrFO/c14-11-8-4-5-9-12(11)16-13(15)10-6-2-1-3-7-10/h1-9,13H. The van der Waals surface area contributed by atoms with E-state index in [9.17, 15) is 4.39 Å². The van der Waals surface area contributed by atoms with Gasteiger partial charge in [0, 0.05) is 5.56 Å². The Balaban J connectivity index is 2.14. The predicted molar refractivity (Wildman–Crippen MR) is 65.1 cm³/mol. The van der Waals surface area contributed by atoms with E-state index >= 15 is 0 Å². The summed E-state index contributed by atoms with van der Waals surface area (Å²) in [6.45, 7) is 0. The number of para-hydroxylation sites is 1. The molecule has 0 aromatic heterocycles. The molecular weight excluding hydrogens is 271 g/mol. The Hall–Kier alpha value is -1.35. The van der Waals surface area contributed by atoms with Gasteiger partial charge in [0.1, 0.15) is 5.75 Å². The fraction of sp³-hybridized carbons (Fsp3) is 0.0769. The number of ether oxygens (including phenoxy) is 1. The minimum atomic E-state index is -1.44. The van der Waals surface area contributed by atoms with Crippen LogP contribution in [0.1, 0.15) is 11.9 Å². The molecule has 0 radical (unpaired) electrons. The maximum atomic E-state index is 13.8. The maximum Gasteiger partial charge on any atom is 0.264 e. The summed E-state index contributed by atoms with van der Waals surface area (Å²) in [6.07, 6.45) is -1.44. The minimum Gasteiger partial charge on any atom is -0.455 e. The summed E-state index contributed by atoms with van der Waals surface area (Å²) >= 11 is 3.31. The molecule has 0 aliphatic rings. The normalized spacial score (nSPS) is 12.1. The summed E-state index contributed by atoms with van der Waals surface area (Å²) in [7, 11) is 0. The number of hydrogen-bond acceptors (Lipinski definition) is 1. The van der Waals surface area contributed by atoms with E-state index in [1.807, 2.05) is 18.2 Å². The average Bonchev–Trinajstić information content (AvgIpc) is 2.33. The van der Waals surface area contributed by atoms with E-state index < -0.39 is 6.36 Å². The Morgan fingerprint density at radius 1 is 0.938 bits per heavy atom. The van der Waals surface area contributed by atoms with E-state index in [-0.39, 0.29) is 0 Å². The monoisotopic (exact) mass is 280 g/mol. The quantitative estimate of drug-likeness (QED) is 0.805. The summed E-state index contributed by atoms with van der Waals surface area (Å²) < 4.78 is 19.7. The van der Waals surface area contributed by atoms with Crippen LogP contribution < -0.4 is 4.74 Å². The molecule has 3 heteroatoms. The van der Waals surface area contributed by atoms with Crippen LogP contribution in [0.4, 0.5) is 4.39 Å². The molecule has 1 unspecified atom stereocenters. The molecule has 82 valence electrons. The molecule has 0 spiro atoms. The molecule has 0 saturated carbocycles. The van der Waals surface area contributed by atoms with Crippen molar-refractivity contribution in [2.75, 3.05) is 0 Å². The topological polar surface area (TPSA) is 9.23 Å². The molecule has 0 aliphatic heterocycles. The van der Waals surface area contributed by atoms with Crippen LogP contribution in [-0.2, 0) is 0 Å². The first-order chi connectivity index (χ1) is 7.77. The van der Waals surface area contributed by atoms with Crippen LogP contribution in [0.3, 0.4) is 0 Å². The Kier molecular flexibility index (Phi) is 3.57. The van der Waals surface area contributed by atoms with E-state index in [1.54, 1.807) is 36.4 Å². The summed E-state index contributed by atoms with van der Waals surface area (Å²) in [5.74, 6) is 0.499. The minimum absolute atomic E-state index is 0.499. The van der Waals surface area contributed by atoms with Crippen LogP contribution in [-0.4, -0.2) is 0 Å². The van der Waals surface area contributed by atoms with Crippen molar-refractivity contribution in [1.82, 2.24) is 0 Å². The largest absolute Gasteiger partial charge is 0.455 e. The van der Waals surface area contributed by atoms with Gasteiger partial charge >= 0.3 is 0 Å². The third-order valence-electron chi connectivity index (χ3n) is 2.13. The van der Waals surface area contributed by atoms with E-state index in [0.29, 0.717) is 11.3 Å². The van der Waals surface area contributed by atoms with Crippen molar-refractivity contribution < 1.29 is 9.13 Å². The molecular formula is C13H10BrFO. The molecule has 2 rings (SSSR count). The van der Waals surface area contributed by atoms with Gasteiger partial charge < -0.3 is 4.74 Å². The van der Waals surface area contributed by atoms with E-state index in [0.717, 1.165) is 4.47 Å². The third kappa shape index (κ3) is 2.61. The highest BCUT2D eigenvalue weighted by atomic mass is 79.9. The summed E-state index contributed by atoms with van der Waals surface area (Å²) in [5.41, 5.74) is 0.512. The van der Waals surface area contributed by atoms with Gasteiger partial charge in [-0.25, -0.2) is 0 Å². The van der Waals surface area contributed by atoms with Crippen molar-refractivity contribution >= 4 is 15.9 Å². The number of halogens is 2. The number of rotatable bonds is 3. The van der Waals surface area contributed by atoms with E-state index in [1.165, 1.54) is 0 Å². The number of alkyl halides is 1. The summed E-state index contributed by atoms with van der Waals surface area (Å²) in [5, 5.41) is 0. The number of hydrogen-bond donors (Lipinski definition) is 0. The van der Waals surface area contributed by atoms with Gasteiger partial charge in [-0.1, -0.05) is 42.5 Å². The maximum absolute atomic E-state index is 13.8. The molecule has 1 atom stereocenters. The first-order valence-corrected chi connectivity index (χ1v) is 5.67. The molecule has 0 saturated heterocycles. The first-order valence-electron chi connectivity index (χ1n) is 4.87. The lowest BCUT2D eigenvalue weighted by Crippen LogP contribution is -2.01. The first kappa shape index (κ1) is 11.1. The molecule has 0 heterocycles. The fourth-order valence-electron chi connectivity index (χ4n) is 1.32. The Bertz CT molecular complexity index is 458. The van der Waals surface area contributed by atoms with Crippen molar-refractivity contribution in [3.05, 3.63) is 64.6 Å². The van der Waals surface area contributed by atoms with Crippen LogP contribution in [0, 0.1) is 0 Å². The molecule has 0 amide bonds. The van der Waals surface area contributed by atoms with Gasteiger partial charge in [0.25, 0.3) is 6.36 Å². The van der Waals surface area contributed by atoms with Gasteiger partial charge in [0.2, 0.25) is 0 Å². The van der Waals surface area contributed by atoms with Crippen molar-refractivity contribution in [3.63, 3.8) is 0 Å². The van der Waals surface area contributed by atoms with E-state index in [2.05, 4.69) is 15.9 Å². The zero-order valence-electron chi connectivity index (χ0n) is 8.44. The highest BCUT2D eigenvalue weighted by Gasteiger charge is 2.11. The second-order valence-electron chi connectivity index (χ2n) is 3.28. The molecule has 2 aromatic rings. The van der Waals surface area contributed by atoms with Crippen molar-refractivity contribution in [2.24, 2.45) is 0 Å². The second kappa shape index (κ2) is 5.12. The Morgan fingerprint density at radius 3 is 2.25 bits per heavy atom. The lowest BCUT2D eigenvalue weighted by molar-refractivity contribution is 0.0663. The lowest BCUT2D eigenvalue weighted by atomic mass is 10.2. The second-order valence-corrected chi connectivity index (χ2v) is 4.13. The van der Waals surface area contributed by atoms with Gasteiger partial charge in [-0.05, 0) is 28.1 Å². The molecule has 16 heavy (non-hydrogen) atoms. The predicted octanol–water partition coefficient (Wildman–Crippen LogP) is 4.50. The average molecular weight is 281 g/mol. The zero-order chi connectivity index (χ0) is 11.4. The number of benzene rings is 2. The van der Waals surface area contributed by atoms with Gasteiger partial charge in [0.05, 0.1) is 4.47 Å².